The van der Waals surface area contributed by atoms with Crippen molar-refractivity contribution in [2.75, 3.05) is 6.54 Å². The zero-order chi connectivity index (χ0) is 21.4. The van der Waals surface area contributed by atoms with Gasteiger partial charge in [0.15, 0.2) is 5.96 Å². The van der Waals surface area contributed by atoms with Gasteiger partial charge >= 0.3 is 0 Å². The second kappa shape index (κ2) is 11.9. The normalized spacial score (nSPS) is 11.5. The third-order valence-electron chi connectivity index (χ3n) is 4.12. The van der Waals surface area contributed by atoms with Gasteiger partial charge in [0.05, 0.1) is 6.54 Å². The minimum Gasteiger partial charge on any atom is -0.357 e. The Bertz CT molecular complexity index is 878. The predicted octanol–water partition coefficient (Wildman–Crippen LogP) is 4.54. The Morgan fingerprint density at radius 1 is 1.07 bits per heavy atom. The van der Waals surface area contributed by atoms with Gasteiger partial charge in [-0.05, 0) is 69.5 Å². The maximum atomic E-state index is 13.4. The lowest BCUT2D eigenvalue weighted by Gasteiger charge is -2.20. The highest BCUT2D eigenvalue weighted by Crippen LogP contribution is 2.10. The lowest BCUT2D eigenvalue weighted by molar-refractivity contribution is 0.0919. The van der Waals surface area contributed by atoms with Gasteiger partial charge in [-0.1, -0.05) is 24.3 Å². The maximum absolute atomic E-state index is 13.4. The molecule has 0 aromatic heterocycles. The summed E-state index contributed by atoms with van der Waals surface area (Å²) in [6.45, 7) is 11.3. The van der Waals surface area contributed by atoms with E-state index in [1.165, 1.54) is 6.07 Å². The molecule has 1 amide bonds. The van der Waals surface area contributed by atoms with Crippen LogP contribution in [0.1, 0.15) is 54.7 Å². The molecule has 2 rings (SSSR count). The number of aliphatic imine (C=N–C) groups is 1. The van der Waals surface area contributed by atoms with Crippen LogP contribution in [0.5, 0.6) is 0 Å². The fraction of sp³-hybridized carbons (Fsp3) is 0.391. The molecule has 0 aliphatic heterocycles. The number of amides is 1. The average Bonchev–Trinajstić information content (AvgIpc) is 2.65. The van der Waals surface area contributed by atoms with Crippen LogP contribution in [0.3, 0.4) is 0 Å². The first kappa shape index (κ1) is 25.9. The van der Waals surface area contributed by atoms with Crippen molar-refractivity contribution in [2.24, 2.45) is 4.99 Å². The first-order chi connectivity index (χ1) is 13.7. The van der Waals surface area contributed by atoms with E-state index in [9.17, 15) is 9.18 Å². The average molecular weight is 526 g/mol. The molecule has 164 valence electrons. The van der Waals surface area contributed by atoms with Crippen molar-refractivity contribution in [2.45, 2.75) is 53.2 Å². The van der Waals surface area contributed by atoms with Gasteiger partial charge in [0.2, 0.25) is 0 Å². The van der Waals surface area contributed by atoms with Gasteiger partial charge in [-0.3, -0.25) is 4.79 Å². The zero-order valence-corrected chi connectivity index (χ0v) is 20.6. The van der Waals surface area contributed by atoms with Gasteiger partial charge in [0.1, 0.15) is 5.82 Å². The second-order valence-corrected chi connectivity index (χ2v) is 8.04. The molecule has 0 heterocycles. The molecule has 7 heteroatoms. The Balaban J connectivity index is 0.00000450. The van der Waals surface area contributed by atoms with E-state index in [-0.39, 0.29) is 41.2 Å². The molecule has 0 aliphatic carbocycles. The summed E-state index contributed by atoms with van der Waals surface area (Å²) in [6, 6.07) is 12.5. The van der Waals surface area contributed by atoms with Crippen molar-refractivity contribution in [1.29, 1.82) is 0 Å². The number of guanidine groups is 1. The Labute approximate surface area is 196 Å². The number of aryl methyl sites for hydroxylation is 1. The zero-order valence-electron chi connectivity index (χ0n) is 18.3. The summed E-state index contributed by atoms with van der Waals surface area (Å²) in [7, 11) is 0. The van der Waals surface area contributed by atoms with Gasteiger partial charge < -0.3 is 16.0 Å². The smallest absolute Gasteiger partial charge is 0.251 e. The first-order valence-corrected chi connectivity index (χ1v) is 9.86. The van der Waals surface area contributed by atoms with E-state index in [2.05, 4.69) is 20.9 Å². The molecule has 2 aromatic carbocycles. The quantitative estimate of drug-likeness (QED) is 0.294. The number of carbonyl (C=O) groups excluding carboxylic acids is 1. The molecule has 0 bridgehead atoms. The minimum absolute atomic E-state index is 0. The number of carbonyl (C=O) groups is 1. The van der Waals surface area contributed by atoms with Crippen molar-refractivity contribution in [1.82, 2.24) is 16.0 Å². The van der Waals surface area contributed by atoms with Crippen LogP contribution in [0.4, 0.5) is 4.39 Å². The number of halogens is 2. The molecular formula is C23H32FIN4O. The Morgan fingerprint density at radius 2 is 1.80 bits per heavy atom. The maximum Gasteiger partial charge on any atom is 0.251 e. The summed E-state index contributed by atoms with van der Waals surface area (Å²) in [5.41, 5.74) is 2.88. The van der Waals surface area contributed by atoms with E-state index in [4.69, 9.17) is 0 Å². The third-order valence-corrected chi connectivity index (χ3v) is 4.12. The molecule has 0 atom stereocenters. The van der Waals surface area contributed by atoms with Crippen LogP contribution in [-0.2, 0) is 13.1 Å². The highest BCUT2D eigenvalue weighted by atomic mass is 127. The molecule has 0 fully saturated rings. The van der Waals surface area contributed by atoms with Crippen LogP contribution >= 0.6 is 24.0 Å². The lowest BCUT2D eigenvalue weighted by atomic mass is 10.1. The Hall–Kier alpha value is -2.16. The summed E-state index contributed by atoms with van der Waals surface area (Å²) in [5, 5.41) is 9.43. The van der Waals surface area contributed by atoms with Crippen molar-refractivity contribution in [3.8, 4) is 0 Å². The van der Waals surface area contributed by atoms with E-state index in [0.29, 0.717) is 30.2 Å². The molecular weight excluding hydrogens is 494 g/mol. The lowest BCUT2D eigenvalue weighted by Crippen LogP contribution is -2.40. The van der Waals surface area contributed by atoms with Crippen molar-refractivity contribution in [3.63, 3.8) is 0 Å². The SMILES string of the molecule is CCNC(=NCc1cccc(C(=O)NC(C)(C)C)c1)NCc1ccc(F)c(C)c1.I. The number of hydrogen-bond acceptors (Lipinski definition) is 2. The molecule has 2 aromatic rings. The van der Waals surface area contributed by atoms with E-state index in [0.717, 1.165) is 17.7 Å². The van der Waals surface area contributed by atoms with Crippen LogP contribution in [-0.4, -0.2) is 24.0 Å². The fourth-order valence-electron chi connectivity index (χ4n) is 2.74. The molecule has 30 heavy (non-hydrogen) atoms. The van der Waals surface area contributed by atoms with Gasteiger partial charge in [0, 0.05) is 24.2 Å². The molecule has 0 saturated heterocycles. The first-order valence-electron chi connectivity index (χ1n) is 9.86. The molecule has 0 spiro atoms. The number of nitrogens with one attached hydrogen (secondary N) is 3. The van der Waals surface area contributed by atoms with Gasteiger partial charge in [-0.2, -0.15) is 0 Å². The van der Waals surface area contributed by atoms with E-state index in [1.54, 1.807) is 19.1 Å². The second-order valence-electron chi connectivity index (χ2n) is 8.04. The van der Waals surface area contributed by atoms with Crippen LogP contribution in [0.25, 0.3) is 0 Å². The largest absolute Gasteiger partial charge is 0.357 e. The van der Waals surface area contributed by atoms with Crippen LogP contribution in [0, 0.1) is 12.7 Å². The van der Waals surface area contributed by atoms with E-state index >= 15 is 0 Å². The summed E-state index contributed by atoms with van der Waals surface area (Å²) in [5.74, 6) is 0.365. The monoisotopic (exact) mass is 526 g/mol. The molecule has 0 saturated carbocycles. The molecule has 0 radical (unpaired) electrons. The predicted molar refractivity (Wildman–Crippen MR) is 132 cm³/mol. The Morgan fingerprint density at radius 3 is 2.43 bits per heavy atom. The third kappa shape index (κ3) is 8.69. The number of nitrogens with zero attached hydrogens (tertiary/aromatic N) is 1. The number of hydrogen-bond donors (Lipinski definition) is 3. The Kier molecular flexibility index (Phi) is 10.2. The summed E-state index contributed by atoms with van der Waals surface area (Å²) >= 11 is 0. The molecule has 5 nitrogen and oxygen atoms in total. The number of benzene rings is 2. The van der Waals surface area contributed by atoms with Crippen LogP contribution < -0.4 is 16.0 Å². The van der Waals surface area contributed by atoms with Crippen LogP contribution in [0.2, 0.25) is 0 Å². The topological polar surface area (TPSA) is 65.5 Å². The van der Waals surface area contributed by atoms with Crippen LogP contribution in [0.15, 0.2) is 47.5 Å². The summed E-state index contributed by atoms with van der Waals surface area (Å²) in [4.78, 5) is 17.0. The van der Waals surface area contributed by atoms with Gasteiger partial charge in [0.25, 0.3) is 5.91 Å². The number of rotatable bonds is 6. The van der Waals surface area contributed by atoms with Gasteiger partial charge in [-0.15, -0.1) is 24.0 Å². The fourth-order valence-corrected chi connectivity index (χ4v) is 2.74. The summed E-state index contributed by atoms with van der Waals surface area (Å²) in [6.07, 6.45) is 0. The highest BCUT2D eigenvalue weighted by Gasteiger charge is 2.15. The van der Waals surface area contributed by atoms with Crippen molar-refractivity contribution < 1.29 is 9.18 Å². The highest BCUT2D eigenvalue weighted by molar-refractivity contribution is 14.0. The minimum atomic E-state index is -0.286. The molecule has 3 N–H and O–H groups in total. The molecule has 0 aliphatic rings. The van der Waals surface area contributed by atoms with Crippen molar-refractivity contribution >= 4 is 35.8 Å². The van der Waals surface area contributed by atoms with E-state index in [1.807, 2.05) is 52.0 Å². The molecule has 0 unspecified atom stereocenters. The van der Waals surface area contributed by atoms with E-state index < -0.39 is 0 Å². The standard InChI is InChI=1S/C23H31FN4O.HI/c1-6-25-22(27-15-18-10-11-20(24)16(2)12-18)26-14-17-8-7-9-19(13-17)21(29)28-23(3,4)5;/h7-13H,6,14-15H2,1-5H3,(H,28,29)(H2,25,26,27);1H. The van der Waals surface area contributed by atoms with Gasteiger partial charge in [-0.25, -0.2) is 9.38 Å². The summed E-state index contributed by atoms with van der Waals surface area (Å²) < 4.78 is 13.4. The van der Waals surface area contributed by atoms with Crippen molar-refractivity contribution in [3.05, 3.63) is 70.5 Å².